The van der Waals surface area contributed by atoms with Crippen LogP contribution < -0.4 is 10.0 Å². The van der Waals surface area contributed by atoms with Crippen molar-refractivity contribution in [2.24, 2.45) is 0 Å². The van der Waals surface area contributed by atoms with E-state index >= 15 is 0 Å². The number of H-pyrrole nitrogens is 1. The van der Waals surface area contributed by atoms with Crippen molar-refractivity contribution in [3.63, 3.8) is 0 Å². The number of carboxylic acid groups (broad SMARTS) is 1. The number of aromatic nitrogens is 6. The van der Waals surface area contributed by atoms with Crippen molar-refractivity contribution >= 4 is 35.0 Å². The zero-order valence-electron chi connectivity index (χ0n) is 20.0. The maximum Gasteiger partial charge on any atom is 0.409 e. The molecule has 2 aromatic carbocycles. The van der Waals surface area contributed by atoms with Gasteiger partial charge in [-0.2, -0.15) is 4.73 Å². The monoisotopic (exact) mass is 563 g/mol. The first kappa shape index (κ1) is 24.9. The van der Waals surface area contributed by atoms with Gasteiger partial charge >= 0.3 is 6.09 Å². The molecule has 0 saturated heterocycles. The van der Waals surface area contributed by atoms with Crippen LogP contribution in [0.3, 0.4) is 0 Å². The number of carbonyl (C=O) groups is 1. The van der Waals surface area contributed by atoms with Crippen LogP contribution in [0.5, 0.6) is 0 Å². The van der Waals surface area contributed by atoms with Crippen molar-refractivity contribution in [2.75, 3.05) is 5.32 Å². The first-order valence-electron chi connectivity index (χ1n) is 11.7. The number of aryl methyl sites for hydroxylation is 1. The molecule has 39 heavy (non-hydrogen) atoms. The maximum atomic E-state index is 13.4. The van der Waals surface area contributed by atoms with Crippen molar-refractivity contribution in [1.29, 1.82) is 0 Å². The summed E-state index contributed by atoms with van der Waals surface area (Å²) in [7, 11) is 0. The first-order valence-corrected chi connectivity index (χ1v) is 12.5. The van der Waals surface area contributed by atoms with Crippen LogP contribution in [0, 0.1) is 5.21 Å². The molecule has 1 atom stereocenters. The van der Waals surface area contributed by atoms with E-state index < -0.39 is 11.7 Å². The third-order valence-electron chi connectivity index (χ3n) is 6.66. The molecule has 0 spiro atoms. The molecule has 4 N–H and O–H groups in total. The third-order valence-corrected chi connectivity index (χ3v) is 7.06. The minimum atomic E-state index is -1.63. The highest BCUT2D eigenvalue weighted by atomic mass is 35.5. The van der Waals surface area contributed by atoms with E-state index in [0.717, 1.165) is 5.56 Å². The van der Waals surface area contributed by atoms with Gasteiger partial charge in [0.2, 0.25) is 11.3 Å². The molecule has 1 unspecified atom stereocenters. The van der Waals surface area contributed by atoms with E-state index in [1.54, 1.807) is 54.9 Å². The largest absolute Gasteiger partial charge is 0.618 e. The molecule has 3 heterocycles. The number of imidazole rings is 1. The molecular formula is C26H19Cl2N7O4. The lowest BCUT2D eigenvalue weighted by Gasteiger charge is -2.20. The molecule has 6 rings (SSSR count). The molecule has 5 aromatic rings. The summed E-state index contributed by atoms with van der Waals surface area (Å²) in [5, 5.41) is 44.8. The molecular weight excluding hydrogens is 545 g/mol. The van der Waals surface area contributed by atoms with Crippen molar-refractivity contribution in [1.82, 2.24) is 25.0 Å². The SMILES string of the molecule is O=C(O)Nc1ccc(-c2cnc(C3(O)CCc4cc(-c5cc(Cl)ccc5-n5cc(Cl)nn5)c[n+]([O-])c43)[nH]2)cc1. The molecule has 0 aliphatic heterocycles. The van der Waals surface area contributed by atoms with Gasteiger partial charge in [0.05, 0.1) is 23.8 Å². The number of amides is 1. The van der Waals surface area contributed by atoms with Crippen LogP contribution in [-0.4, -0.2) is 41.3 Å². The third kappa shape index (κ3) is 4.46. The minimum absolute atomic E-state index is 0.195. The van der Waals surface area contributed by atoms with Crippen LogP contribution in [-0.2, 0) is 12.0 Å². The summed E-state index contributed by atoms with van der Waals surface area (Å²) in [5.41, 5.74) is 2.88. The second kappa shape index (κ2) is 9.38. The zero-order valence-corrected chi connectivity index (χ0v) is 21.5. The highest BCUT2D eigenvalue weighted by molar-refractivity contribution is 6.31. The topological polar surface area (TPSA) is 156 Å². The Bertz CT molecular complexity index is 1730. The van der Waals surface area contributed by atoms with E-state index in [1.807, 2.05) is 6.07 Å². The van der Waals surface area contributed by atoms with E-state index in [1.165, 1.54) is 10.9 Å². The minimum Gasteiger partial charge on any atom is -0.618 e. The first-order chi connectivity index (χ1) is 18.7. The number of hydrogen-bond acceptors (Lipinski definition) is 6. The Morgan fingerprint density at radius 2 is 1.95 bits per heavy atom. The van der Waals surface area contributed by atoms with Gasteiger partial charge in [0.25, 0.3) is 0 Å². The number of aromatic amines is 1. The Hall–Kier alpha value is -4.45. The summed E-state index contributed by atoms with van der Waals surface area (Å²) in [6.07, 6.45) is 4.05. The number of halogens is 2. The summed E-state index contributed by atoms with van der Waals surface area (Å²) >= 11 is 12.2. The molecule has 0 radical (unpaired) electrons. The number of benzene rings is 2. The van der Waals surface area contributed by atoms with E-state index in [0.29, 0.717) is 49.9 Å². The highest BCUT2D eigenvalue weighted by Gasteiger charge is 2.48. The van der Waals surface area contributed by atoms with Gasteiger partial charge in [-0.05, 0) is 54.8 Å². The number of nitrogens with one attached hydrogen (secondary N) is 2. The molecule has 0 saturated carbocycles. The number of fused-ring (bicyclic) bond motifs is 1. The fourth-order valence-electron chi connectivity index (χ4n) is 4.91. The van der Waals surface area contributed by atoms with Crippen molar-refractivity contribution < 1.29 is 19.7 Å². The van der Waals surface area contributed by atoms with E-state index in [9.17, 15) is 15.1 Å². The quantitative estimate of drug-likeness (QED) is 0.180. The summed E-state index contributed by atoms with van der Waals surface area (Å²) in [4.78, 5) is 18.4. The average Bonchev–Trinajstić information content (AvgIpc) is 3.64. The second-order valence-corrected chi connectivity index (χ2v) is 9.91. The Balaban J connectivity index is 1.36. The molecule has 1 aliphatic rings. The number of hydrogen-bond donors (Lipinski definition) is 4. The summed E-state index contributed by atoms with van der Waals surface area (Å²) in [5.74, 6) is 0.238. The van der Waals surface area contributed by atoms with Crippen LogP contribution in [0.2, 0.25) is 10.2 Å². The second-order valence-electron chi connectivity index (χ2n) is 9.09. The van der Waals surface area contributed by atoms with Crippen molar-refractivity contribution in [3.05, 3.63) is 99.6 Å². The Morgan fingerprint density at radius 3 is 2.67 bits per heavy atom. The lowest BCUT2D eigenvalue weighted by Crippen LogP contribution is -2.42. The molecule has 1 aliphatic carbocycles. The average molecular weight is 564 g/mol. The fourth-order valence-corrected chi connectivity index (χ4v) is 5.21. The van der Waals surface area contributed by atoms with Gasteiger partial charge in [-0.15, -0.1) is 5.10 Å². The number of rotatable bonds is 5. The molecule has 11 nitrogen and oxygen atoms in total. The fraction of sp³-hybridized carbons (Fsp3) is 0.115. The summed E-state index contributed by atoms with van der Waals surface area (Å²) < 4.78 is 2.17. The van der Waals surface area contributed by atoms with Crippen LogP contribution in [0.1, 0.15) is 23.5 Å². The Morgan fingerprint density at radius 1 is 1.15 bits per heavy atom. The normalized spacial score (nSPS) is 16.3. The maximum absolute atomic E-state index is 13.4. The Kier molecular flexibility index (Phi) is 5.98. The van der Waals surface area contributed by atoms with Crippen LogP contribution in [0.25, 0.3) is 28.1 Å². The van der Waals surface area contributed by atoms with Gasteiger partial charge in [0.15, 0.2) is 11.3 Å². The summed E-state index contributed by atoms with van der Waals surface area (Å²) in [6, 6.07) is 13.7. The van der Waals surface area contributed by atoms with Gasteiger partial charge in [-0.25, -0.2) is 14.5 Å². The van der Waals surface area contributed by atoms with Crippen molar-refractivity contribution in [2.45, 2.75) is 18.4 Å². The highest BCUT2D eigenvalue weighted by Crippen LogP contribution is 2.41. The molecule has 1 amide bonds. The van der Waals surface area contributed by atoms with Gasteiger partial charge in [0, 0.05) is 27.4 Å². The lowest BCUT2D eigenvalue weighted by atomic mass is 9.98. The van der Waals surface area contributed by atoms with E-state index in [-0.39, 0.29) is 23.1 Å². The molecule has 0 fully saturated rings. The van der Waals surface area contributed by atoms with E-state index in [2.05, 4.69) is 25.6 Å². The van der Waals surface area contributed by atoms with E-state index in [4.69, 9.17) is 28.3 Å². The lowest BCUT2D eigenvalue weighted by molar-refractivity contribution is -0.620. The van der Waals surface area contributed by atoms with Gasteiger partial charge in [0.1, 0.15) is 5.82 Å². The predicted molar refractivity (Wildman–Crippen MR) is 143 cm³/mol. The van der Waals surface area contributed by atoms with Gasteiger partial charge < -0.3 is 20.4 Å². The standard InChI is InChI=1S/C26H19Cl2N7O4/c27-17-3-6-21(34-13-22(28)32-33-34)19(10-17)16-9-15-7-8-26(38,23(15)35(39)12-16)24-29-11-20(31-24)14-1-4-18(5-2-14)30-25(36)37/h1-6,9-13,30,38H,7-8H2,(H,29,31)(H,36,37). The van der Waals surface area contributed by atoms with Crippen LogP contribution in [0.15, 0.2) is 67.1 Å². The molecule has 13 heteroatoms. The number of pyridine rings is 1. The number of aliphatic hydroxyl groups is 1. The molecule has 0 bridgehead atoms. The molecule has 196 valence electrons. The van der Waals surface area contributed by atoms with Gasteiger partial charge in [-0.1, -0.05) is 40.5 Å². The summed E-state index contributed by atoms with van der Waals surface area (Å²) in [6.45, 7) is 0. The van der Waals surface area contributed by atoms with Crippen LogP contribution in [0.4, 0.5) is 10.5 Å². The number of anilines is 1. The molecule has 3 aromatic heterocycles. The van der Waals surface area contributed by atoms with Gasteiger partial charge in [-0.3, -0.25) is 5.32 Å². The predicted octanol–water partition coefficient (Wildman–Crippen LogP) is 4.54. The van der Waals surface area contributed by atoms with Crippen molar-refractivity contribution in [3.8, 4) is 28.1 Å². The smallest absolute Gasteiger partial charge is 0.409 e. The number of nitrogens with zero attached hydrogens (tertiary/aromatic N) is 5. The zero-order chi connectivity index (χ0) is 27.3. The Labute approximate surface area is 230 Å². The van der Waals surface area contributed by atoms with Crippen LogP contribution >= 0.6 is 23.2 Å².